The minimum atomic E-state index is 0.510. The van der Waals surface area contributed by atoms with Crippen molar-refractivity contribution in [3.8, 4) is 5.75 Å². The van der Waals surface area contributed by atoms with E-state index in [-0.39, 0.29) is 0 Å². The van der Waals surface area contributed by atoms with Crippen LogP contribution >= 0.6 is 35.3 Å². The molecular weight excluding hydrogens is 342 g/mol. The summed E-state index contributed by atoms with van der Waals surface area (Å²) in [5.74, 6) is 4.03. The number of aromatic amines is 1. The Labute approximate surface area is 149 Å². The summed E-state index contributed by atoms with van der Waals surface area (Å²) in [6.45, 7) is 0. The maximum atomic E-state index is 5.46. The Balaban J connectivity index is 1.64. The van der Waals surface area contributed by atoms with Crippen LogP contribution in [0.15, 0.2) is 29.3 Å². The monoisotopic (exact) mass is 361 g/mol. The normalized spacial score (nSPS) is 34.2. The van der Waals surface area contributed by atoms with Gasteiger partial charge in [-0.2, -0.15) is 0 Å². The molecule has 0 radical (unpaired) electrons. The van der Waals surface area contributed by atoms with Crippen LogP contribution < -0.4 is 4.74 Å². The lowest BCUT2D eigenvalue weighted by molar-refractivity contribution is 0.307. The van der Waals surface area contributed by atoms with E-state index in [1.807, 2.05) is 0 Å². The molecule has 1 aromatic heterocycles. The second-order valence-corrected chi connectivity index (χ2v) is 9.86. The first-order valence-corrected chi connectivity index (χ1v) is 10.4. The number of aromatic nitrogens is 1. The van der Waals surface area contributed by atoms with E-state index in [1.165, 1.54) is 34.7 Å². The summed E-state index contributed by atoms with van der Waals surface area (Å²) in [5.41, 5.74) is 1.43. The molecule has 2 bridgehead atoms. The largest absolute Gasteiger partial charge is 0.497 e. The molecule has 1 N–H and O–H groups in total. The van der Waals surface area contributed by atoms with Crippen molar-refractivity contribution in [2.45, 2.75) is 35.5 Å². The van der Waals surface area contributed by atoms with E-state index in [9.17, 15) is 0 Å². The fraction of sp³-hybridized carbons (Fsp3) is 0.500. The van der Waals surface area contributed by atoms with E-state index in [0.29, 0.717) is 5.92 Å². The fourth-order valence-corrected chi connectivity index (χ4v) is 8.37. The van der Waals surface area contributed by atoms with Crippen LogP contribution in [0, 0.1) is 21.7 Å². The molecule has 3 aliphatic rings. The van der Waals surface area contributed by atoms with Crippen LogP contribution in [0.2, 0.25) is 0 Å². The van der Waals surface area contributed by atoms with E-state index >= 15 is 0 Å². The van der Waals surface area contributed by atoms with Gasteiger partial charge in [-0.05, 0) is 66.9 Å². The van der Waals surface area contributed by atoms with Crippen LogP contribution in [0.3, 0.4) is 0 Å². The minimum Gasteiger partial charge on any atom is -0.497 e. The van der Waals surface area contributed by atoms with Crippen molar-refractivity contribution < 1.29 is 4.74 Å². The van der Waals surface area contributed by atoms with Crippen molar-refractivity contribution in [2.75, 3.05) is 7.11 Å². The lowest BCUT2D eigenvalue weighted by Crippen LogP contribution is -2.33. The standard InChI is InChI=1S/C18H19NOS3/c1-20-12-6-4-9(5-7-12)13-14-10-2-3-11(8-10)15(14)22-17-16(13)23-18(21)19-17/h4-7,10-11,13-15H,2-3,8H2,1H3,(H,19,21)/t10-,11+,13-,14-,15-/m0/s1. The average molecular weight is 362 g/mol. The predicted octanol–water partition coefficient (Wildman–Crippen LogP) is 5.47. The quantitative estimate of drug-likeness (QED) is 0.718. The Morgan fingerprint density at radius 1 is 1.17 bits per heavy atom. The van der Waals surface area contributed by atoms with Crippen LogP contribution in [-0.4, -0.2) is 17.3 Å². The number of thiazole rings is 1. The molecule has 2 nitrogen and oxygen atoms in total. The van der Waals surface area contributed by atoms with Crippen molar-refractivity contribution in [1.29, 1.82) is 0 Å². The third kappa shape index (κ3) is 2.16. The summed E-state index contributed by atoms with van der Waals surface area (Å²) < 4.78 is 6.27. The molecule has 2 saturated carbocycles. The second kappa shape index (κ2) is 5.36. The van der Waals surface area contributed by atoms with Crippen LogP contribution in [0.1, 0.15) is 35.6 Å². The van der Waals surface area contributed by atoms with Crippen LogP contribution in [0.25, 0.3) is 0 Å². The summed E-state index contributed by atoms with van der Waals surface area (Å²) in [5, 5.41) is 2.11. The van der Waals surface area contributed by atoms with Gasteiger partial charge in [-0.3, -0.25) is 0 Å². The highest BCUT2D eigenvalue weighted by Gasteiger charge is 2.54. The summed E-state index contributed by atoms with van der Waals surface area (Å²) in [4.78, 5) is 4.93. The second-order valence-electron chi connectivity index (χ2n) is 6.95. The summed E-state index contributed by atoms with van der Waals surface area (Å²) in [6, 6.07) is 8.72. The van der Waals surface area contributed by atoms with Crippen molar-refractivity contribution in [2.24, 2.45) is 17.8 Å². The zero-order valence-electron chi connectivity index (χ0n) is 13.0. The molecule has 1 aliphatic heterocycles. The van der Waals surface area contributed by atoms with Gasteiger partial charge >= 0.3 is 0 Å². The number of H-pyrrole nitrogens is 1. The van der Waals surface area contributed by atoms with E-state index in [4.69, 9.17) is 17.0 Å². The lowest BCUT2D eigenvalue weighted by atomic mass is 9.75. The van der Waals surface area contributed by atoms with Crippen molar-refractivity contribution in [3.05, 3.63) is 38.7 Å². The summed E-state index contributed by atoms with van der Waals surface area (Å²) >= 11 is 9.33. The Morgan fingerprint density at radius 3 is 2.74 bits per heavy atom. The van der Waals surface area contributed by atoms with Crippen LogP contribution in [0.4, 0.5) is 0 Å². The maximum Gasteiger partial charge on any atom is 0.159 e. The third-order valence-corrected chi connectivity index (χ3v) is 8.92. The van der Waals surface area contributed by atoms with E-state index in [1.54, 1.807) is 18.4 Å². The van der Waals surface area contributed by atoms with Gasteiger partial charge in [-0.15, -0.1) is 23.1 Å². The van der Waals surface area contributed by atoms with Crippen molar-refractivity contribution >= 4 is 35.3 Å². The van der Waals surface area contributed by atoms with Crippen molar-refractivity contribution in [1.82, 2.24) is 4.98 Å². The lowest BCUT2D eigenvalue weighted by Gasteiger charge is -2.40. The molecule has 0 amide bonds. The van der Waals surface area contributed by atoms with Crippen LogP contribution in [0.5, 0.6) is 5.75 Å². The van der Waals surface area contributed by atoms with E-state index in [2.05, 4.69) is 41.0 Å². The number of benzene rings is 1. The number of thioether (sulfide) groups is 1. The van der Waals surface area contributed by atoms with E-state index < -0.39 is 0 Å². The smallest absolute Gasteiger partial charge is 0.159 e. The Bertz CT molecular complexity index is 793. The molecule has 5 atom stereocenters. The SMILES string of the molecule is COc1ccc([C@@H]2c3sc(=S)[nH]c3S[C@H]3[C@@H]4CC[C@@H](C4)[C@@H]23)cc1. The molecule has 2 aromatic rings. The van der Waals surface area contributed by atoms with Gasteiger partial charge in [0.2, 0.25) is 0 Å². The van der Waals surface area contributed by atoms with Gasteiger partial charge < -0.3 is 9.72 Å². The number of hydrogen-bond donors (Lipinski definition) is 1. The zero-order valence-corrected chi connectivity index (χ0v) is 15.4. The highest BCUT2D eigenvalue weighted by Crippen LogP contribution is 2.64. The number of nitrogens with one attached hydrogen (secondary N) is 1. The summed E-state index contributed by atoms with van der Waals surface area (Å²) in [6.07, 6.45) is 4.28. The topological polar surface area (TPSA) is 25.0 Å². The molecule has 0 spiro atoms. The molecular formula is C18H19NOS3. The third-order valence-electron chi connectivity index (χ3n) is 5.94. The van der Waals surface area contributed by atoms with Crippen molar-refractivity contribution in [3.63, 3.8) is 0 Å². The van der Waals surface area contributed by atoms with Gasteiger partial charge in [0.05, 0.1) is 12.1 Å². The van der Waals surface area contributed by atoms with Gasteiger partial charge in [0.25, 0.3) is 0 Å². The molecule has 5 heteroatoms. The first-order valence-electron chi connectivity index (χ1n) is 8.28. The highest BCUT2D eigenvalue weighted by molar-refractivity contribution is 8.00. The van der Waals surface area contributed by atoms with Gasteiger partial charge in [0.1, 0.15) is 5.75 Å². The first-order chi connectivity index (χ1) is 11.2. The zero-order chi connectivity index (χ0) is 15.6. The number of fused-ring (bicyclic) bond motifs is 6. The molecule has 0 unspecified atom stereocenters. The van der Waals surface area contributed by atoms with Gasteiger partial charge in [0.15, 0.2) is 3.95 Å². The Hall–Kier alpha value is -0.780. The number of rotatable bonds is 2. The average Bonchev–Trinajstić information content (AvgIpc) is 3.26. The summed E-state index contributed by atoms with van der Waals surface area (Å²) in [7, 11) is 1.73. The van der Waals surface area contributed by atoms with Gasteiger partial charge in [0, 0.05) is 16.0 Å². The molecule has 23 heavy (non-hydrogen) atoms. The minimum absolute atomic E-state index is 0.510. The highest BCUT2D eigenvalue weighted by atomic mass is 32.2. The number of ether oxygens (including phenoxy) is 1. The van der Waals surface area contributed by atoms with Gasteiger partial charge in [-0.25, -0.2) is 0 Å². The Morgan fingerprint density at radius 2 is 1.96 bits per heavy atom. The molecule has 1 aromatic carbocycles. The fourth-order valence-electron chi connectivity index (χ4n) is 5.03. The van der Waals surface area contributed by atoms with E-state index in [0.717, 1.165) is 32.7 Å². The maximum absolute atomic E-state index is 5.46. The molecule has 120 valence electrons. The number of hydrogen-bond acceptors (Lipinski definition) is 4. The molecule has 2 aliphatic carbocycles. The Kier molecular flexibility index (Phi) is 3.39. The molecule has 0 saturated heterocycles. The van der Waals surface area contributed by atoms with Gasteiger partial charge in [-0.1, -0.05) is 12.1 Å². The molecule has 2 fully saturated rings. The predicted molar refractivity (Wildman–Crippen MR) is 98.3 cm³/mol. The van der Waals surface area contributed by atoms with Crippen LogP contribution in [-0.2, 0) is 0 Å². The first kappa shape index (κ1) is 14.6. The number of methoxy groups -OCH3 is 1. The molecule has 2 heterocycles. The molecule has 5 rings (SSSR count).